The molecule has 74 valence electrons. The van der Waals surface area contributed by atoms with Crippen LogP contribution >= 0.6 is 0 Å². The van der Waals surface area contributed by atoms with E-state index in [0.29, 0.717) is 0 Å². The smallest absolute Gasteiger partial charge is 0.0645 e. The van der Waals surface area contributed by atoms with E-state index in [4.69, 9.17) is 10.5 Å². The van der Waals surface area contributed by atoms with Gasteiger partial charge in [0.05, 0.1) is 6.61 Å². The second kappa shape index (κ2) is 5.04. The Morgan fingerprint density at radius 3 is 2.92 bits per heavy atom. The molecule has 1 atom stereocenters. The van der Waals surface area contributed by atoms with E-state index in [2.05, 4.69) is 16.8 Å². The average Bonchev–Trinajstić information content (AvgIpc) is 2.53. The summed E-state index contributed by atoms with van der Waals surface area (Å²) in [6.07, 6.45) is 4.11. The lowest BCUT2D eigenvalue weighted by Gasteiger charge is -2.03. The van der Waals surface area contributed by atoms with E-state index < -0.39 is 0 Å². The third-order valence-corrected chi connectivity index (χ3v) is 2.00. The summed E-state index contributed by atoms with van der Waals surface area (Å²) in [5, 5.41) is 0. The molecule has 0 fully saturated rings. The number of rotatable bonds is 5. The van der Waals surface area contributed by atoms with Crippen molar-refractivity contribution in [2.45, 2.75) is 26.4 Å². The molecule has 1 rings (SSSR count). The van der Waals surface area contributed by atoms with Crippen molar-refractivity contribution in [2.24, 2.45) is 5.73 Å². The Labute approximate surface area is 79.5 Å². The zero-order chi connectivity index (χ0) is 9.68. The topological polar surface area (TPSA) is 40.2 Å². The van der Waals surface area contributed by atoms with Crippen LogP contribution in [0.25, 0.3) is 0 Å². The first-order valence-corrected chi connectivity index (χ1v) is 4.73. The standard InChI is InChI=1S/C10H18N2O/c1-3-13-7-6-12-5-4-10(8-12)9(2)11/h4-5,8-9H,3,6-7,11H2,1-2H3. The van der Waals surface area contributed by atoms with Crippen LogP contribution in [0.15, 0.2) is 18.5 Å². The van der Waals surface area contributed by atoms with Gasteiger partial charge in [0.2, 0.25) is 0 Å². The highest BCUT2D eigenvalue weighted by atomic mass is 16.5. The van der Waals surface area contributed by atoms with Crippen LogP contribution in [-0.4, -0.2) is 17.8 Å². The third-order valence-electron chi connectivity index (χ3n) is 2.00. The van der Waals surface area contributed by atoms with Crippen molar-refractivity contribution >= 4 is 0 Å². The highest BCUT2D eigenvalue weighted by Crippen LogP contribution is 2.09. The van der Waals surface area contributed by atoms with Gasteiger partial charge in [-0.25, -0.2) is 0 Å². The Bertz CT molecular complexity index is 243. The van der Waals surface area contributed by atoms with Gasteiger partial charge in [-0.2, -0.15) is 0 Å². The zero-order valence-corrected chi connectivity index (χ0v) is 8.36. The van der Waals surface area contributed by atoms with Crippen LogP contribution in [0, 0.1) is 0 Å². The van der Waals surface area contributed by atoms with Crippen LogP contribution < -0.4 is 5.73 Å². The van der Waals surface area contributed by atoms with Gasteiger partial charge in [-0.05, 0) is 25.5 Å². The molecule has 0 bridgehead atoms. The predicted molar refractivity (Wildman–Crippen MR) is 53.5 cm³/mol. The van der Waals surface area contributed by atoms with E-state index in [1.807, 2.05) is 20.0 Å². The minimum Gasteiger partial charge on any atom is -0.380 e. The fraction of sp³-hybridized carbons (Fsp3) is 0.600. The summed E-state index contributed by atoms with van der Waals surface area (Å²) in [4.78, 5) is 0. The Morgan fingerprint density at radius 1 is 1.62 bits per heavy atom. The number of nitrogens with zero attached hydrogens (tertiary/aromatic N) is 1. The molecule has 0 aliphatic heterocycles. The minimum atomic E-state index is 0.119. The normalized spacial score (nSPS) is 13.2. The average molecular weight is 182 g/mol. The maximum Gasteiger partial charge on any atom is 0.0645 e. The number of hydrogen-bond acceptors (Lipinski definition) is 2. The van der Waals surface area contributed by atoms with Crippen molar-refractivity contribution in [2.75, 3.05) is 13.2 Å². The van der Waals surface area contributed by atoms with E-state index in [1.54, 1.807) is 0 Å². The van der Waals surface area contributed by atoms with Crippen LogP contribution in [0.1, 0.15) is 25.5 Å². The molecule has 0 amide bonds. The lowest BCUT2D eigenvalue weighted by atomic mass is 10.2. The Hall–Kier alpha value is -0.800. The lowest BCUT2D eigenvalue weighted by molar-refractivity contribution is 0.139. The van der Waals surface area contributed by atoms with Gasteiger partial charge in [-0.3, -0.25) is 0 Å². The molecule has 0 aliphatic rings. The Balaban J connectivity index is 2.40. The van der Waals surface area contributed by atoms with Crippen molar-refractivity contribution in [3.63, 3.8) is 0 Å². The van der Waals surface area contributed by atoms with Crippen LogP contribution in [0.5, 0.6) is 0 Å². The van der Waals surface area contributed by atoms with E-state index in [1.165, 1.54) is 5.56 Å². The molecule has 13 heavy (non-hydrogen) atoms. The number of aromatic nitrogens is 1. The molecule has 1 unspecified atom stereocenters. The van der Waals surface area contributed by atoms with Crippen molar-refractivity contribution in [1.29, 1.82) is 0 Å². The van der Waals surface area contributed by atoms with Gasteiger partial charge in [0.1, 0.15) is 0 Å². The van der Waals surface area contributed by atoms with E-state index in [0.717, 1.165) is 19.8 Å². The van der Waals surface area contributed by atoms with Gasteiger partial charge < -0.3 is 15.0 Å². The number of ether oxygens (including phenoxy) is 1. The first-order valence-electron chi connectivity index (χ1n) is 4.73. The molecule has 0 aromatic carbocycles. The Kier molecular flexibility index (Phi) is 3.99. The molecule has 1 aromatic rings. The SMILES string of the molecule is CCOCCn1ccc(C(C)N)c1. The molecule has 0 radical (unpaired) electrons. The van der Waals surface area contributed by atoms with Crippen LogP contribution in [0.2, 0.25) is 0 Å². The molecule has 1 aromatic heterocycles. The molecule has 2 N–H and O–H groups in total. The van der Waals surface area contributed by atoms with Crippen molar-refractivity contribution < 1.29 is 4.74 Å². The van der Waals surface area contributed by atoms with Gasteiger partial charge in [-0.15, -0.1) is 0 Å². The molecule has 3 heteroatoms. The van der Waals surface area contributed by atoms with E-state index >= 15 is 0 Å². The van der Waals surface area contributed by atoms with Gasteiger partial charge in [0, 0.05) is 31.6 Å². The second-order valence-corrected chi connectivity index (χ2v) is 3.17. The van der Waals surface area contributed by atoms with Crippen LogP contribution in [-0.2, 0) is 11.3 Å². The fourth-order valence-corrected chi connectivity index (χ4v) is 1.18. The predicted octanol–water partition coefficient (Wildman–Crippen LogP) is 1.54. The summed E-state index contributed by atoms with van der Waals surface area (Å²) in [7, 11) is 0. The maximum absolute atomic E-state index is 5.74. The number of hydrogen-bond donors (Lipinski definition) is 1. The highest BCUT2D eigenvalue weighted by molar-refractivity contribution is 5.13. The monoisotopic (exact) mass is 182 g/mol. The van der Waals surface area contributed by atoms with Crippen molar-refractivity contribution in [3.05, 3.63) is 24.0 Å². The Morgan fingerprint density at radius 2 is 2.38 bits per heavy atom. The lowest BCUT2D eigenvalue weighted by Crippen LogP contribution is -2.05. The summed E-state index contributed by atoms with van der Waals surface area (Å²) in [6, 6.07) is 2.17. The molecule has 0 aliphatic carbocycles. The molecule has 0 saturated heterocycles. The first-order chi connectivity index (χ1) is 6.24. The van der Waals surface area contributed by atoms with Crippen LogP contribution in [0.3, 0.4) is 0 Å². The quantitative estimate of drug-likeness (QED) is 0.702. The molecule has 0 spiro atoms. The maximum atomic E-state index is 5.74. The largest absolute Gasteiger partial charge is 0.380 e. The zero-order valence-electron chi connectivity index (χ0n) is 8.36. The van der Waals surface area contributed by atoms with Gasteiger partial charge >= 0.3 is 0 Å². The van der Waals surface area contributed by atoms with Gasteiger partial charge in [-0.1, -0.05) is 0 Å². The number of nitrogens with two attached hydrogens (primary N) is 1. The molecular formula is C10H18N2O. The molecule has 0 saturated carbocycles. The van der Waals surface area contributed by atoms with Gasteiger partial charge in [0.15, 0.2) is 0 Å². The van der Waals surface area contributed by atoms with Gasteiger partial charge in [0.25, 0.3) is 0 Å². The molecular weight excluding hydrogens is 164 g/mol. The van der Waals surface area contributed by atoms with E-state index in [9.17, 15) is 0 Å². The minimum absolute atomic E-state index is 0.119. The summed E-state index contributed by atoms with van der Waals surface area (Å²) >= 11 is 0. The summed E-state index contributed by atoms with van der Waals surface area (Å²) in [5.41, 5.74) is 6.91. The van der Waals surface area contributed by atoms with Crippen LogP contribution in [0.4, 0.5) is 0 Å². The highest BCUT2D eigenvalue weighted by Gasteiger charge is 2.00. The molecule has 3 nitrogen and oxygen atoms in total. The molecule has 1 heterocycles. The second-order valence-electron chi connectivity index (χ2n) is 3.17. The van der Waals surface area contributed by atoms with Crippen molar-refractivity contribution in [3.8, 4) is 0 Å². The summed E-state index contributed by atoms with van der Waals surface area (Å²) in [5.74, 6) is 0. The van der Waals surface area contributed by atoms with Crippen molar-refractivity contribution in [1.82, 2.24) is 4.57 Å². The third kappa shape index (κ3) is 3.20. The fourth-order valence-electron chi connectivity index (χ4n) is 1.18. The summed E-state index contributed by atoms with van der Waals surface area (Å²) in [6.45, 7) is 6.44. The summed E-state index contributed by atoms with van der Waals surface area (Å²) < 4.78 is 7.36. The first kappa shape index (κ1) is 10.3. The van der Waals surface area contributed by atoms with E-state index in [-0.39, 0.29) is 6.04 Å².